The fourth-order valence-electron chi connectivity index (χ4n) is 5.36. The summed E-state index contributed by atoms with van der Waals surface area (Å²) < 4.78 is 28.6. The van der Waals surface area contributed by atoms with Crippen molar-refractivity contribution < 1.29 is 13.2 Å². The predicted molar refractivity (Wildman–Crippen MR) is 138 cm³/mol. The van der Waals surface area contributed by atoms with Crippen LogP contribution in [0.15, 0.2) is 70.9 Å². The average molecular weight is 495 g/mol. The Kier molecular flexibility index (Phi) is 6.60. The van der Waals surface area contributed by atoms with Gasteiger partial charge in [-0.25, -0.2) is 8.42 Å². The van der Waals surface area contributed by atoms with Gasteiger partial charge in [0.25, 0.3) is 0 Å². The molecule has 2 fully saturated rings. The fraction of sp³-hybridized carbons (Fsp3) is 0.370. The summed E-state index contributed by atoms with van der Waals surface area (Å²) in [6.45, 7) is 2.01. The molecule has 0 spiro atoms. The van der Waals surface area contributed by atoms with Gasteiger partial charge in [0.1, 0.15) is 0 Å². The van der Waals surface area contributed by atoms with Crippen molar-refractivity contribution in [1.29, 1.82) is 0 Å². The molecule has 1 aliphatic carbocycles. The number of sulfonamides is 1. The Balaban J connectivity index is 1.49. The fourth-order valence-corrected chi connectivity index (χ4v) is 7.88. The summed E-state index contributed by atoms with van der Waals surface area (Å²) in [5, 5.41) is 2.04. The minimum Gasteiger partial charge on any atom is -0.306 e. The third-order valence-corrected chi connectivity index (χ3v) is 10.1. The van der Waals surface area contributed by atoms with Crippen LogP contribution in [0.5, 0.6) is 0 Å². The molecular weight excluding hydrogens is 464 g/mol. The summed E-state index contributed by atoms with van der Waals surface area (Å²) >= 11 is 1.63. The van der Waals surface area contributed by atoms with Crippen molar-refractivity contribution in [3.63, 3.8) is 0 Å². The van der Waals surface area contributed by atoms with Gasteiger partial charge in [-0.2, -0.15) is 4.31 Å². The van der Waals surface area contributed by atoms with Crippen LogP contribution in [0.4, 0.5) is 5.69 Å². The molecule has 7 heteroatoms. The number of hydrogen-bond acceptors (Lipinski definition) is 4. The molecule has 1 saturated carbocycles. The number of aryl methyl sites for hydroxylation is 1. The topological polar surface area (TPSA) is 57.7 Å². The van der Waals surface area contributed by atoms with Gasteiger partial charge in [0.05, 0.1) is 23.2 Å². The van der Waals surface area contributed by atoms with Gasteiger partial charge in [0, 0.05) is 16.8 Å². The van der Waals surface area contributed by atoms with Crippen molar-refractivity contribution in [3.05, 3.63) is 71.6 Å². The Morgan fingerprint density at radius 2 is 1.65 bits per heavy atom. The second kappa shape index (κ2) is 9.64. The van der Waals surface area contributed by atoms with Crippen LogP contribution < -0.4 is 4.90 Å². The van der Waals surface area contributed by atoms with Gasteiger partial charge in [0.15, 0.2) is 0 Å². The van der Waals surface area contributed by atoms with Gasteiger partial charge in [-0.3, -0.25) is 4.79 Å². The van der Waals surface area contributed by atoms with Crippen molar-refractivity contribution in [2.45, 2.75) is 50.0 Å². The van der Waals surface area contributed by atoms with E-state index < -0.39 is 10.0 Å². The maximum Gasteiger partial charge on any atom is 0.243 e. The second-order valence-electron chi connectivity index (χ2n) is 9.33. The number of rotatable bonds is 5. The van der Waals surface area contributed by atoms with Crippen LogP contribution in [0.3, 0.4) is 0 Å². The number of anilines is 1. The molecular formula is C27H30N2O3S2. The van der Waals surface area contributed by atoms with Crippen LogP contribution in [0.25, 0.3) is 10.4 Å². The maximum atomic E-state index is 13.6. The first-order valence-corrected chi connectivity index (χ1v) is 14.3. The zero-order valence-corrected chi connectivity index (χ0v) is 21.0. The van der Waals surface area contributed by atoms with Crippen molar-refractivity contribution in [3.8, 4) is 10.4 Å². The van der Waals surface area contributed by atoms with E-state index in [1.807, 2.05) is 34.5 Å². The number of benzene rings is 2. The van der Waals surface area contributed by atoms with E-state index in [0.717, 1.165) is 41.8 Å². The lowest BCUT2D eigenvalue weighted by Crippen LogP contribution is -2.60. The van der Waals surface area contributed by atoms with E-state index in [1.165, 1.54) is 10.7 Å². The molecule has 2 aliphatic rings. The van der Waals surface area contributed by atoms with Gasteiger partial charge < -0.3 is 4.90 Å². The summed E-state index contributed by atoms with van der Waals surface area (Å²) in [6.07, 6.45) is 5.53. The molecule has 1 aromatic heterocycles. The van der Waals surface area contributed by atoms with Crippen molar-refractivity contribution >= 4 is 33.0 Å². The van der Waals surface area contributed by atoms with E-state index in [1.54, 1.807) is 36.5 Å². The number of thiophene rings is 1. The molecule has 3 aromatic rings. The molecule has 0 radical (unpaired) electrons. The van der Waals surface area contributed by atoms with Crippen molar-refractivity contribution in [1.82, 2.24) is 4.31 Å². The SMILES string of the molecule is Cc1ccccc1S(=O)(=O)N1CC(=O)N(c2csc(-c3ccccc3)c2)C(C2CCCCC2)C1. The van der Waals surface area contributed by atoms with Gasteiger partial charge >= 0.3 is 0 Å². The summed E-state index contributed by atoms with van der Waals surface area (Å²) in [6, 6.07) is 19.1. The normalized spacial score (nSPS) is 20.6. The molecule has 1 atom stereocenters. The summed E-state index contributed by atoms with van der Waals surface area (Å²) in [5.41, 5.74) is 2.72. The molecule has 5 nitrogen and oxygen atoms in total. The molecule has 1 saturated heterocycles. The van der Waals surface area contributed by atoms with Crippen LogP contribution >= 0.6 is 11.3 Å². The lowest BCUT2D eigenvalue weighted by molar-refractivity contribution is -0.121. The number of piperazine rings is 1. The first-order chi connectivity index (χ1) is 16.4. The van der Waals surface area contributed by atoms with Crippen LogP contribution in [-0.2, 0) is 14.8 Å². The Hall–Kier alpha value is -2.48. The quantitative estimate of drug-likeness (QED) is 0.456. The third-order valence-electron chi connectivity index (χ3n) is 7.13. The lowest BCUT2D eigenvalue weighted by Gasteiger charge is -2.44. The molecule has 34 heavy (non-hydrogen) atoms. The number of hydrogen-bond donors (Lipinski definition) is 0. The monoisotopic (exact) mass is 494 g/mol. The molecule has 1 unspecified atom stereocenters. The molecule has 5 rings (SSSR count). The Morgan fingerprint density at radius 1 is 0.941 bits per heavy atom. The van der Waals surface area contributed by atoms with E-state index in [0.29, 0.717) is 22.9 Å². The first-order valence-electron chi connectivity index (χ1n) is 12.0. The number of nitrogens with zero attached hydrogens (tertiary/aromatic N) is 2. The number of carbonyl (C=O) groups excluding carboxylic acids is 1. The van der Waals surface area contributed by atoms with Gasteiger partial charge in [-0.1, -0.05) is 67.8 Å². The van der Waals surface area contributed by atoms with E-state index in [4.69, 9.17) is 0 Å². The maximum absolute atomic E-state index is 13.6. The number of carbonyl (C=O) groups is 1. The first kappa shape index (κ1) is 23.3. The van der Waals surface area contributed by atoms with Crippen molar-refractivity contribution in [2.24, 2.45) is 5.92 Å². The third kappa shape index (κ3) is 4.44. The minimum atomic E-state index is -3.75. The lowest BCUT2D eigenvalue weighted by atomic mass is 9.82. The molecule has 2 aromatic carbocycles. The Labute approximate surface area is 206 Å². The van der Waals surface area contributed by atoms with E-state index >= 15 is 0 Å². The molecule has 0 bridgehead atoms. The molecule has 178 valence electrons. The van der Waals surface area contributed by atoms with Gasteiger partial charge in [0.2, 0.25) is 15.9 Å². The van der Waals surface area contributed by atoms with E-state index in [2.05, 4.69) is 18.2 Å². The zero-order valence-electron chi connectivity index (χ0n) is 19.4. The minimum absolute atomic E-state index is 0.129. The van der Waals surface area contributed by atoms with Crippen LogP contribution in [0.1, 0.15) is 37.7 Å². The summed E-state index contributed by atoms with van der Waals surface area (Å²) in [5.74, 6) is 0.157. The van der Waals surface area contributed by atoms with Gasteiger partial charge in [-0.05, 0) is 48.9 Å². The van der Waals surface area contributed by atoms with E-state index in [9.17, 15) is 13.2 Å². The van der Waals surface area contributed by atoms with Crippen molar-refractivity contribution in [2.75, 3.05) is 18.0 Å². The highest BCUT2D eigenvalue weighted by Crippen LogP contribution is 2.39. The number of amides is 1. The molecule has 0 N–H and O–H groups in total. The van der Waals surface area contributed by atoms with Crippen LogP contribution in [0, 0.1) is 12.8 Å². The zero-order chi connectivity index (χ0) is 23.7. The molecule has 2 heterocycles. The molecule has 1 amide bonds. The van der Waals surface area contributed by atoms with Crippen LogP contribution in [-0.4, -0.2) is 37.8 Å². The largest absolute Gasteiger partial charge is 0.306 e. The standard InChI is InChI=1S/C27H30N2O3S2/c1-20-10-8-9-15-26(20)34(31,32)28-17-24(21-11-4-2-5-12-21)29(27(30)18-28)23-16-25(33-19-23)22-13-6-3-7-14-22/h3,6-10,13-16,19,21,24H,2,4-5,11-12,17-18H2,1H3. The highest BCUT2D eigenvalue weighted by molar-refractivity contribution is 7.89. The van der Waals surface area contributed by atoms with Gasteiger partial charge in [-0.15, -0.1) is 11.3 Å². The summed E-state index contributed by atoms with van der Waals surface area (Å²) in [4.78, 5) is 16.9. The van der Waals surface area contributed by atoms with E-state index in [-0.39, 0.29) is 18.5 Å². The van der Waals surface area contributed by atoms with Crippen LogP contribution in [0.2, 0.25) is 0 Å². The average Bonchev–Trinajstić information content (AvgIpc) is 3.34. The highest BCUT2D eigenvalue weighted by Gasteiger charge is 2.43. The Morgan fingerprint density at radius 3 is 2.38 bits per heavy atom. The predicted octanol–water partition coefficient (Wildman–Crippen LogP) is 5.71. The Bertz CT molecular complexity index is 1260. The smallest absolute Gasteiger partial charge is 0.243 e. The summed E-state index contributed by atoms with van der Waals surface area (Å²) in [7, 11) is -3.75. The molecule has 1 aliphatic heterocycles. The second-order valence-corrected chi connectivity index (χ2v) is 12.1. The highest BCUT2D eigenvalue weighted by atomic mass is 32.2.